The van der Waals surface area contributed by atoms with E-state index in [9.17, 15) is 9.59 Å². The Bertz CT molecular complexity index is 363. The summed E-state index contributed by atoms with van der Waals surface area (Å²) in [5, 5.41) is 11.5. The number of carbonyl (C=O) groups excluding carboxylic acids is 1. The van der Waals surface area contributed by atoms with Crippen LogP contribution in [0.2, 0.25) is 0 Å². The summed E-state index contributed by atoms with van der Waals surface area (Å²) in [5.41, 5.74) is 5.31. The molecular weight excluding hydrogens is 324 g/mol. The van der Waals surface area contributed by atoms with E-state index in [1.54, 1.807) is 6.08 Å². The minimum Gasteiger partial charge on any atom is -0.481 e. The van der Waals surface area contributed by atoms with Crippen molar-refractivity contribution in [2.45, 2.75) is 57.4 Å². The van der Waals surface area contributed by atoms with Crippen molar-refractivity contribution in [1.82, 2.24) is 5.32 Å². The van der Waals surface area contributed by atoms with Gasteiger partial charge in [-0.05, 0) is 19.3 Å². The third-order valence-electron chi connectivity index (χ3n) is 3.63. The van der Waals surface area contributed by atoms with Crippen LogP contribution in [0, 0.1) is 0 Å². The molecule has 0 aromatic rings. The second kappa shape index (κ2) is 17.4. The lowest BCUT2D eigenvalue weighted by Crippen LogP contribution is -2.33. The Morgan fingerprint density at radius 2 is 1.64 bits per heavy atom. The molecule has 146 valence electrons. The predicted molar refractivity (Wildman–Crippen MR) is 97.4 cm³/mol. The van der Waals surface area contributed by atoms with E-state index in [4.69, 9.17) is 20.3 Å². The number of hydrogen-bond donors (Lipinski definition) is 3. The zero-order valence-electron chi connectivity index (χ0n) is 15.2. The maximum atomic E-state index is 11.8. The van der Waals surface area contributed by atoms with Gasteiger partial charge >= 0.3 is 5.97 Å². The van der Waals surface area contributed by atoms with Crippen LogP contribution < -0.4 is 11.1 Å². The Labute approximate surface area is 150 Å². The second-order valence-electron chi connectivity index (χ2n) is 5.87. The number of aliphatic carboxylic acids is 1. The number of ether oxygens (including phenoxy) is 2. The molecule has 1 unspecified atom stereocenters. The average Bonchev–Trinajstić information content (AvgIpc) is 2.59. The van der Waals surface area contributed by atoms with Gasteiger partial charge in [-0.3, -0.25) is 9.59 Å². The van der Waals surface area contributed by atoms with E-state index >= 15 is 0 Å². The van der Waals surface area contributed by atoms with Crippen LogP contribution in [-0.2, 0) is 19.1 Å². The molecule has 7 heteroatoms. The fourth-order valence-electron chi connectivity index (χ4n) is 2.23. The molecule has 0 heterocycles. The normalized spacial score (nSPS) is 11.9. The van der Waals surface area contributed by atoms with E-state index in [-0.39, 0.29) is 18.4 Å². The van der Waals surface area contributed by atoms with E-state index in [1.165, 1.54) is 0 Å². The standard InChI is InChI=1S/C18H34N2O5/c1-2-16(9-10-18(22)23)20-17(21)8-6-4-3-5-7-12-24-14-15-25-13-11-19/h2,16H,1,3-15,19H2,(H,20,21)(H,22,23). The molecule has 7 nitrogen and oxygen atoms in total. The minimum absolute atomic E-state index is 0.0260. The first-order chi connectivity index (χ1) is 12.1. The Morgan fingerprint density at radius 1 is 1.00 bits per heavy atom. The monoisotopic (exact) mass is 358 g/mol. The summed E-state index contributed by atoms with van der Waals surface area (Å²) in [4.78, 5) is 22.3. The first-order valence-corrected chi connectivity index (χ1v) is 9.09. The highest BCUT2D eigenvalue weighted by molar-refractivity contribution is 5.76. The average molecular weight is 358 g/mol. The van der Waals surface area contributed by atoms with Crippen LogP contribution in [-0.4, -0.2) is 56.0 Å². The molecule has 0 aliphatic heterocycles. The minimum atomic E-state index is -0.867. The van der Waals surface area contributed by atoms with Crippen molar-refractivity contribution in [3.8, 4) is 0 Å². The predicted octanol–water partition coefficient (Wildman–Crippen LogP) is 1.85. The summed E-state index contributed by atoms with van der Waals surface area (Å²) in [5.74, 6) is -0.913. The van der Waals surface area contributed by atoms with Crippen LogP contribution in [0.1, 0.15) is 51.4 Å². The number of carboxylic acids is 1. The molecule has 0 saturated heterocycles. The van der Waals surface area contributed by atoms with Gasteiger partial charge in [-0.2, -0.15) is 0 Å². The molecule has 4 N–H and O–H groups in total. The van der Waals surface area contributed by atoms with Crippen LogP contribution >= 0.6 is 0 Å². The Morgan fingerprint density at radius 3 is 2.28 bits per heavy atom. The number of nitrogens with two attached hydrogens (primary N) is 1. The molecule has 0 aliphatic carbocycles. The summed E-state index contributed by atoms with van der Waals surface area (Å²) in [6.07, 6.45) is 7.46. The molecule has 0 fully saturated rings. The molecule has 0 spiro atoms. The highest BCUT2D eigenvalue weighted by atomic mass is 16.5. The summed E-state index contributed by atoms with van der Waals surface area (Å²) >= 11 is 0. The fraction of sp³-hybridized carbons (Fsp3) is 0.778. The lowest BCUT2D eigenvalue weighted by Gasteiger charge is -2.13. The Balaban J connectivity index is 3.42. The highest BCUT2D eigenvalue weighted by Gasteiger charge is 2.10. The van der Waals surface area contributed by atoms with Crippen LogP contribution in [0.4, 0.5) is 0 Å². The van der Waals surface area contributed by atoms with Crippen molar-refractivity contribution in [2.24, 2.45) is 5.73 Å². The van der Waals surface area contributed by atoms with E-state index < -0.39 is 5.97 Å². The van der Waals surface area contributed by atoms with Crippen molar-refractivity contribution in [2.75, 3.05) is 33.0 Å². The van der Waals surface area contributed by atoms with Gasteiger partial charge in [0, 0.05) is 32.0 Å². The zero-order valence-corrected chi connectivity index (χ0v) is 15.2. The third kappa shape index (κ3) is 17.2. The maximum Gasteiger partial charge on any atom is 0.303 e. The van der Waals surface area contributed by atoms with Gasteiger partial charge in [0.15, 0.2) is 0 Å². The van der Waals surface area contributed by atoms with Crippen LogP contribution in [0.25, 0.3) is 0 Å². The van der Waals surface area contributed by atoms with Crippen molar-refractivity contribution in [3.05, 3.63) is 12.7 Å². The molecular formula is C18H34N2O5. The molecule has 0 aromatic carbocycles. The summed E-state index contributed by atoms with van der Waals surface area (Å²) in [6, 6.07) is -0.269. The molecule has 0 rings (SSSR count). The quantitative estimate of drug-likeness (QED) is 0.255. The number of unbranched alkanes of at least 4 members (excludes halogenated alkanes) is 4. The maximum absolute atomic E-state index is 11.8. The Hall–Kier alpha value is -1.44. The van der Waals surface area contributed by atoms with E-state index in [2.05, 4.69) is 11.9 Å². The molecule has 25 heavy (non-hydrogen) atoms. The molecule has 0 aliphatic rings. The fourth-order valence-corrected chi connectivity index (χ4v) is 2.23. The Kier molecular flexibility index (Phi) is 16.4. The summed E-state index contributed by atoms with van der Waals surface area (Å²) in [7, 11) is 0. The van der Waals surface area contributed by atoms with Crippen molar-refractivity contribution in [1.29, 1.82) is 0 Å². The zero-order chi connectivity index (χ0) is 18.8. The number of rotatable bonds is 18. The van der Waals surface area contributed by atoms with Gasteiger partial charge in [-0.25, -0.2) is 0 Å². The largest absolute Gasteiger partial charge is 0.481 e. The highest BCUT2D eigenvalue weighted by Crippen LogP contribution is 2.06. The molecule has 1 amide bonds. The van der Waals surface area contributed by atoms with Crippen molar-refractivity contribution < 1.29 is 24.2 Å². The van der Waals surface area contributed by atoms with Gasteiger partial charge in [0.05, 0.1) is 19.8 Å². The molecule has 0 bridgehead atoms. The lowest BCUT2D eigenvalue weighted by atomic mass is 10.1. The third-order valence-corrected chi connectivity index (χ3v) is 3.63. The van der Waals surface area contributed by atoms with Gasteiger partial charge in [0.25, 0.3) is 0 Å². The van der Waals surface area contributed by atoms with Gasteiger partial charge in [0.2, 0.25) is 5.91 Å². The SMILES string of the molecule is C=CC(CCC(=O)O)NC(=O)CCCCCCCOCCOCCN. The first kappa shape index (κ1) is 23.6. The van der Waals surface area contributed by atoms with Gasteiger partial charge < -0.3 is 25.6 Å². The second-order valence-corrected chi connectivity index (χ2v) is 5.87. The van der Waals surface area contributed by atoms with Crippen molar-refractivity contribution >= 4 is 11.9 Å². The number of carboxylic acid groups (broad SMARTS) is 1. The lowest BCUT2D eigenvalue weighted by molar-refractivity contribution is -0.137. The smallest absolute Gasteiger partial charge is 0.303 e. The summed E-state index contributed by atoms with van der Waals surface area (Å²) < 4.78 is 10.6. The van der Waals surface area contributed by atoms with Gasteiger partial charge in [-0.15, -0.1) is 6.58 Å². The van der Waals surface area contributed by atoms with Crippen LogP contribution in [0.15, 0.2) is 12.7 Å². The van der Waals surface area contributed by atoms with Crippen LogP contribution in [0.5, 0.6) is 0 Å². The number of carbonyl (C=O) groups is 2. The summed E-state index contributed by atoms with van der Waals surface area (Å²) in [6.45, 7) is 6.66. The topological polar surface area (TPSA) is 111 Å². The number of hydrogen-bond acceptors (Lipinski definition) is 5. The molecule has 0 radical (unpaired) electrons. The van der Waals surface area contributed by atoms with Crippen LogP contribution in [0.3, 0.4) is 0 Å². The first-order valence-electron chi connectivity index (χ1n) is 9.09. The molecule has 1 atom stereocenters. The van der Waals surface area contributed by atoms with Crippen molar-refractivity contribution in [3.63, 3.8) is 0 Å². The van der Waals surface area contributed by atoms with Gasteiger partial charge in [-0.1, -0.05) is 25.3 Å². The number of nitrogens with one attached hydrogen (secondary N) is 1. The molecule has 0 saturated carbocycles. The number of amides is 1. The molecule has 0 aromatic heterocycles. The van der Waals surface area contributed by atoms with E-state index in [0.717, 1.165) is 38.7 Å². The van der Waals surface area contributed by atoms with E-state index in [1.807, 2.05) is 0 Å². The van der Waals surface area contributed by atoms with Gasteiger partial charge in [0.1, 0.15) is 0 Å². The van der Waals surface area contributed by atoms with E-state index in [0.29, 0.717) is 39.2 Å².